The standard InChI is InChI=1S/C37H44N2O3/c1-3-39(4-2)35(37-19-12-26-41-37)20-21-36(40)31-17-11-18-33(27-31)42-32-22-24-38(25-23-32)28-34(29-13-7-5-8-14-29)30-15-9-6-10-16-30/h5-19,26-27,32,34-35H,3-4,20-25,28H2,1-2H3. The number of hydrogen-bond donors (Lipinski definition) is 0. The molecule has 0 bridgehead atoms. The maximum atomic E-state index is 13.2. The predicted octanol–water partition coefficient (Wildman–Crippen LogP) is 8.00. The summed E-state index contributed by atoms with van der Waals surface area (Å²) >= 11 is 0. The van der Waals surface area contributed by atoms with Gasteiger partial charge in [0.1, 0.15) is 17.6 Å². The molecule has 0 saturated carbocycles. The van der Waals surface area contributed by atoms with Crippen LogP contribution in [-0.4, -0.2) is 54.4 Å². The molecule has 42 heavy (non-hydrogen) atoms. The summed E-state index contributed by atoms with van der Waals surface area (Å²) in [5, 5.41) is 0. The Morgan fingerprint density at radius 2 is 1.55 bits per heavy atom. The number of hydrogen-bond acceptors (Lipinski definition) is 5. The quantitative estimate of drug-likeness (QED) is 0.145. The van der Waals surface area contributed by atoms with Crippen molar-refractivity contribution in [3.05, 3.63) is 126 Å². The van der Waals surface area contributed by atoms with E-state index in [1.807, 2.05) is 36.4 Å². The van der Waals surface area contributed by atoms with Gasteiger partial charge in [0, 0.05) is 37.5 Å². The predicted molar refractivity (Wildman–Crippen MR) is 169 cm³/mol. The average molecular weight is 565 g/mol. The lowest BCUT2D eigenvalue weighted by atomic mass is 9.90. The van der Waals surface area contributed by atoms with E-state index in [1.165, 1.54) is 11.1 Å². The second-order valence-corrected chi connectivity index (χ2v) is 11.2. The van der Waals surface area contributed by atoms with Gasteiger partial charge >= 0.3 is 0 Å². The minimum absolute atomic E-state index is 0.104. The van der Waals surface area contributed by atoms with Crippen molar-refractivity contribution in [2.24, 2.45) is 0 Å². The van der Waals surface area contributed by atoms with E-state index in [9.17, 15) is 4.79 Å². The van der Waals surface area contributed by atoms with Crippen LogP contribution in [0.25, 0.3) is 0 Å². The summed E-state index contributed by atoms with van der Waals surface area (Å²) < 4.78 is 12.1. The third-order valence-corrected chi connectivity index (χ3v) is 8.61. The molecule has 1 aromatic heterocycles. The summed E-state index contributed by atoms with van der Waals surface area (Å²) in [6, 6.07) is 33.4. The van der Waals surface area contributed by atoms with Gasteiger partial charge in [0.15, 0.2) is 5.78 Å². The van der Waals surface area contributed by atoms with Crippen LogP contribution in [-0.2, 0) is 0 Å². The highest BCUT2D eigenvalue weighted by Crippen LogP contribution is 2.29. The molecule has 1 atom stereocenters. The van der Waals surface area contributed by atoms with Crippen molar-refractivity contribution in [1.82, 2.24) is 9.80 Å². The van der Waals surface area contributed by atoms with Crippen molar-refractivity contribution in [3.8, 4) is 5.75 Å². The van der Waals surface area contributed by atoms with Crippen LogP contribution < -0.4 is 4.74 Å². The lowest BCUT2D eigenvalue weighted by Gasteiger charge is -2.34. The molecule has 1 fully saturated rings. The van der Waals surface area contributed by atoms with Crippen LogP contribution in [0, 0.1) is 0 Å². The summed E-state index contributed by atoms with van der Waals surface area (Å²) in [5.74, 6) is 2.21. The molecule has 0 aliphatic carbocycles. The molecular formula is C37H44N2O3. The molecule has 3 aromatic carbocycles. The number of ether oxygens (including phenoxy) is 1. The molecule has 1 aliphatic rings. The molecule has 0 radical (unpaired) electrons. The number of Topliss-reactive ketones (excluding diaryl/α,β-unsaturated/α-hetero) is 1. The maximum Gasteiger partial charge on any atom is 0.163 e. The zero-order valence-corrected chi connectivity index (χ0v) is 25.0. The number of furan rings is 1. The molecular weight excluding hydrogens is 520 g/mol. The molecule has 5 rings (SSSR count). The van der Waals surface area contributed by atoms with Crippen LogP contribution in [0.4, 0.5) is 0 Å². The summed E-state index contributed by atoms with van der Waals surface area (Å²) in [6.07, 6.45) is 5.01. The summed E-state index contributed by atoms with van der Waals surface area (Å²) in [5.41, 5.74) is 3.43. The molecule has 2 heterocycles. The van der Waals surface area contributed by atoms with Crippen molar-refractivity contribution in [3.63, 3.8) is 0 Å². The topological polar surface area (TPSA) is 45.9 Å². The first-order valence-electron chi connectivity index (χ1n) is 15.5. The Hall–Kier alpha value is -3.67. The van der Waals surface area contributed by atoms with E-state index in [0.29, 0.717) is 12.3 Å². The molecule has 220 valence electrons. The van der Waals surface area contributed by atoms with Crippen molar-refractivity contribution in [1.29, 1.82) is 0 Å². The van der Waals surface area contributed by atoms with E-state index in [1.54, 1.807) is 6.26 Å². The fraction of sp³-hybridized carbons (Fsp3) is 0.378. The van der Waals surface area contributed by atoms with Gasteiger partial charge in [-0.2, -0.15) is 0 Å². The van der Waals surface area contributed by atoms with E-state index >= 15 is 0 Å². The highest BCUT2D eigenvalue weighted by Gasteiger charge is 2.25. The largest absolute Gasteiger partial charge is 0.490 e. The monoisotopic (exact) mass is 564 g/mol. The summed E-state index contributed by atoms with van der Waals surface area (Å²) in [4.78, 5) is 18.1. The molecule has 4 aromatic rings. The smallest absolute Gasteiger partial charge is 0.163 e. The first-order valence-corrected chi connectivity index (χ1v) is 15.5. The highest BCUT2D eigenvalue weighted by molar-refractivity contribution is 5.96. The minimum atomic E-state index is 0.104. The molecule has 1 saturated heterocycles. The Labute approximate surface area is 251 Å². The van der Waals surface area contributed by atoms with Crippen LogP contribution in [0.5, 0.6) is 5.75 Å². The molecule has 0 spiro atoms. The minimum Gasteiger partial charge on any atom is -0.490 e. The van der Waals surface area contributed by atoms with Crippen LogP contribution in [0.15, 0.2) is 108 Å². The summed E-state index contributed by atoms with van der Waals surface area (Å²) in [7, 11) is 0. The number of piperidine rings is 1. The van der Waals surface area contributed by atoms with Crippen LogP contribution in [0.2, 0.25) is 0 Å². The molecule has 1 unspecified atom stereocenters. The second-order valence-electron chi connectivity index (χ2n) is 11.2. The third kappa shape index (κ3) is 7.78. The number of carbonyl (C=O) groups is 1. The van der Waals surface area contributed by atoms with Gasteiger partial charge in [0.2, 0.25) is 0 Å². The number of rotatable bonds is 14. The van der Waals surface area contributed by atoms with Gasteiger partial charge in [-0.3, -0.25) is 9.69 Å². The molecule has 1 aliphatic heterocycles. The Morgan fingerprint density at radius 1 is 0.881 bits per heavy atom. The normalized spacial score (nSPS) is 15.2. The molecule has 5 heteroatoms. The van der Waals surface area contributed by atoms with Gasteiger partial charge in [-0.25, -0.2) is 0 Å². The van der Waals surface area contributed by atoms with Crippen LogP contribution >= 0.6 is 0 Å². The van der Waals surface area contributed by atoms with E-state index in [2.05, 4.69) is 84.3 Å². The van der Waals surface area contributed by atoms with E-state index in [-0.39, 0.29) is 17.9 Å². The maximum absolute atomic E-state index is 13.2. The Kier molecular flexibility index (Phi) is 10.6. The second kappa shape index (κ2) is 15.0. The number of likely N-dealkylation sites (tertiary alicyclic amines) is 1. The zero-order valence-electron chi connectivity index (χ0n) is 25.0. The Bertz CT molecular complexity index is 1300. The number of benzene rings is 3. The van der Waals surface area contributed by atoms with Gasteiger partial charge in [-0.15, -0.1) is 0 Å². The number of nitrogens with zero attached hydrogens (tertiary/aromatic N) is 2. The lowest BCUT2D eigenvalue weighted by molar-refractivity contribution is 0.0943. The van der Waals surface area contributed by atoms with E-state index in [0.717, 1.165) is 69.1 Å². The fourth-order valence-corrected chi connectivity index (χ4v) is 6.24. The SMILES string of the molecule is CCN(CC)C(CCC(=O)c1cccc(OC2CCN(CC(c3ccccc3)c3ccccc3)CC2)c1)c1ccco1. The van der Waals surface area contributed by atoms with Gasteiger partial charge in [-0.1, -0.05) is 86.6 Å². The first kappa shape index (κ1) is 29.8. The average Bonchev–Trinajstić information content (AvgIpc) is 3.58. The van der Waals surface area contributed by atoms with Crippen molar-refractivity contribution >= 4 is 5.78 Å². The lowest BCUT2D eigenvalue weighted by Crippen LogP contribution is -2.40. The van der Waals surface area contributed by atoms with E-state index in [4.69, 9.17) is 9.15 Å². The van der Waals surface area contributed by atoms with Crippen LogP contribution in [0.3, 0.4) is 0 Å². The number of carbonyl (C=O) groups excluding carboxylic acids is 1. The first-order chi connectivity index (χ1) is 20.6. The van der Waals surface area contributed by atoms with Crippen molar-refractivity contribution < 1.29 is 13.9 Å². The fourth-order valence-electron chi connectivity index (χ4n) is 6.24. The molecule has 5 nitrogen and oxygen atoms in total. The van der Waals surface area contributed by atoms with Gasteiger partial charge < -0.3 is 14.1 Å². The Morgan fingerprint density at radius 3 is 2.14 bits per heavy atom. The summed E-state index contributed by atoms with van der Waals surface area (Å²) in [6.45, 7) is 9.12. The van der Waals surface area contributed by atoms with Crippen LogP contribution in [0.1, 0.15) is 78.7 Å². The molecule has 0 amide bonds. The number of ketones is 1. The van der Waals surface area contributed by atoms with Gasteiger partial charge in [0.05, 0.1) is 12.3 Å². The highest BCUT2D eigenvalue weighted by atomic mass is 16.5. The van der Waals surface area contributed by atoms with E-state index < -0.39 is 0 Å². The van der Waals surface area contributed by atoms with Gasteiger partial charge in [-0.05, 0) is 67.7 Å². The van der Waals surface area contributed by atoms with Gasteiger partial charge in [0.25, 0.3) is 0 Å². The zero-order chi connectivity index (χ0) is 29.1. The Balaban J connectivity index is 1.15. The van der Waals surface area contributed by atoms with Crippen molar-refractivity contribution in [2.75, 3.05) is 32.7 Å². The third-order valence-electron chi connectivity index (χ3n) is 8.61. The molecule has 0 N–H and O–H groups in total. The van der Waals surface area contributed by atoms with Crippen molar-refractivity contribution in [2.45, 2.75) is 57.6 Å².